The van der Waals surface area contributed by atoms with Crippen LogP contribution in [0.15, 0.2) is 18.5 Å². The molecule has 3 N–H and O–H groups in total. The van der Waals surface area contributed by atoms with Crippen LogP contribution >= 0.6 is 0 Å². The van der Waals surface area contributed by atoms with Crippen LogP contribution in [-0.4, -0.2) is 83.8 Å². The Labute approximate surface area is 135 Å². The lowest BCUT2D eigenvalue weighted by Gasteiger charge is -2.35. The summed E-state index contributed by atoms with van der Waals surface area (Å²) in [5.41, 5.74) is 0. The number of anilines is 1. The van der Waals surface area contributed by atoms with Gasteiger partial charge in [-0.25, -0.2) is 9.97 Å². The van der Waals surface area contributed by atoms with Gasteiger partial charge in [0.1, 0.15) is 0 Å². The number of piperazine rings is 1. The number of hydrogen-bond donors (Lipinski definition) is 3. The number of aliphatic hydroxyl groups excluding tert-OH is 1. The molecule has 0 saturated carbocycles. The molecular formula is C15H24N6O2. The number of carbonyl (C=O) groups excluding carboxylic acids is 1. The number of piperidine rings is 1. The van der Waals surface area contributed by atoms with E-state index in [2.05, 4.69) is 30.4 Å². The average molecular weight is 320 g/mol. The molecule has 2 fully saturated rings. The van der Waals surface area contributed by atoms with Crippen molar-refractivity contribution in [1.29, 1.82) is 0 Å². The molecule has 0 aromatic carbocycles. The van der Waals surface area contributed by atoms with Gasteiger partial charge in [-0.2, -0.15) is 0 Å². The molecule has 0 radical (unpaired) electrons. The van der Waals surface area contributed by atoms with Gasteiger partial charge in [-0.05, 0) is 19.0 Å². The predicted octanol–water partition coefficient (Wildman–Crippen LogP) is -1.56. The second-order valence-corrected chi connectivity index (χ2v) is 6.05. The summed E-state index contributed by atoms with van der Waals surface area (Å²) in [6, 6.07) is 1.67. The smallest absolute Gasteiger partial charge is 0.234 e. The van der Waals surface area contributed by atoms with Gasteiger partial charge in [0, 0.05) is 45.1 Å². The second kappa shape index (κ2) is 7.67. The molecule has 23 heavy (non-hydrogen) atoms. The summed E-state index contributed by atoms with van der Waals surface area (Å²) >= 11 is 0. The third kappa shape index (κ3) is 4.37. The standard InChI is InChI=1S/C15H24N6O2/c22-13-10-16-5-2-12(13)19-14(23)11-20-6-8-21(9-7-20)15-17-3-1-4-18-15/h1,3-4,12-13,16,22H,2,5-11H2,(H,19,23). The minimum atomic E-state index is -0.500. The molecule has 2 atom stereocenters. The Bertz CT molecular complexity index is 506. The molecule has 1 aromatic rings. The van der Waals surface area contributed by atoms with Crippen LogP contribution < -0.4 is 15.5 Å². The first-order chi connectivity index (χ1) is 11.2. The number of aliphatic hydroxyl groups is 1. The Morgan fingerprint density at radius 3 is 2.74 bits per heavy atom. The minimum Gasteiger partial charge on any atom is -0.390 e. The Morgan fingerprint density at radius 1 is 1.30 bits per heavy atom. The molecular weight excluding hydrogens is 296 g/mol. The fourth-order valence-electron chi connectivity index (χ4n) is 3.03. The summed E-state index contributed by atoms with van der Waals surface area (Å²) < 4.78 is 0. The van der Waals surface area contributed by atoms with Crippen LogP contribution in [0, 0.1) is 0 Å². The largest absolute Gasteiger partial charge is 0.390 e. The SMILES string of the molecule is O=C(CN1CCN(c2ncccn2)CC1)NC1CCNCC1O. The molecule has 1 aromatic heterocycles. The third-order valence-electron chi connectivity index (χ3n) is 4.37. The average Bonchev–Trinajstić information content (AvgIpc) is 2.58. The van der Waals surface area contributed by atoms with Gasteiger partial charge in [-0.1, -0.05) is 0 Å². The van der Waals surface area contributed by atoms with Gasteiger partial charge >= 0.3 is 0 Å². The predicted molar refractivity (Wildman–Crippen MR) is 86.1 cm³/mol. The van der Waals surface area contributed by atoms with Crippen molar-refractivity contribution in [2.75, 3.05) is 50.7 Å². The van der Waals surface area contributed by atoms with Crippen LogP contribution in [0.1, 0.15) is 6.42 Å². The number of nitrogens with one attached hydrogen (secondary N) is 2. The van der Waals surface area contributed by atoms with E-state index in [9.17, 15) is 9.90 Å². The molecule has 2 aliphatic heterocycles. The first-order valence-electron chi connectivity index (χ1n) is 8.15. The lowest BCUT2D eigenvalue weighted by Crippen LogP contribution is -2.55. The van der Waals surface area contributed by atoms with Gasteiger partial charge in [0.15, 0.2) is 0 Å². The maximum Gasteiger partial charge on any atom is 0.234 e. The number of hydrogen-bond acceptors (Lipinski definition) is 7. The number of rotatable bonds is 4. The number of carbonyl (C=O) groups is 1. The fourth-order valence-corrected chi connectivity index (χ4v) is 3.03. The zero-order chi connectivity index (χ0) is 16.1. The van der Waals surface area contributed by atoms with Crippen LogP contribution in [0.3, 0.4) is 0 Å². The molecule has 0 spiro atoms. The monoisotopic (exact) mass is 320 g/mol. The van der Waals surface area contributed by atoms with E-state index in [4.69, 9.17) is 0 Å². The van der Waals surface area contributed by atoms with Crippen LogP contribution in [0.4, 0.5) is 5.95 Å². The molecule has 0 bridgehead atoms. The Hall–Kier alpha value is -1.77. The molecule has 1 amide bonds. The number of amides is 1. The maximum atomic E-state index is 12.2. The van der Waals surface area contributed by atoms with Gasteiger partial charge in [-0.15, -0.1) is 0 Å². The van der Waals surface area contributed by atoms with Crippen molar-refractivity contribution < 1.29 is 9.90 Å². The van der Waals surface area contributed by atoms with Crippen molar-refractivity contribution in [2.24, 2.45) is 0 Å². The lowest BCUT2D eigenvalue weighted by atomic mass is 10.0. The quantitative estimate of drug-likeness (QED) is 0.617. The van der Waals surface area contributed by atoms with Crippen LogP contribution in [0.5, 0.6) is 0 Å². The molecule has 0 aliphatic carbocycles. The Kier molecular flexibility index (Phi) is 5.37. The van der Waals surface area contributed by atoms with Gasteiger partial charge < -0.3 is 20.6 Å². The van der Waals surface area contributed by atoms with E-state index in [0.29, 0.717) is 13.1 Å². The highest BCUT2D eigenvalue weighted by Crippen LogP contribution is 2.09. The number of nitrogens with zero attached hydrogens (tertiary/aromatic N) is 4. The topological polar surface area (TPSA) is 93.6 Å². The molecule has 8 heteroatoms. The van der Waals surface area contributed by atoms with E-state index in [1.165, 1.54) is 0 Å². The molecule has 2 aliphatic rings. The zero-order valence-corrected chi connectivity index (χ0v) is 13.2. The zero-order valence-electron chi connectivity index (χ0n) is 13.2. The van der Waals surface area contributed by atoms with Gasteiger partial charge in [-0.3, -0.25) is 9.69 Å². The van der Waals surface area contributed by atoms with Crippen molar-refractivity contribution in [2.45, 2.75) is 18.6 Å². The van der Waals surface area contributed by atoms with Crippen LogP contribution in [0.25, 0.3) is 0 Å². The van der Waals surface area contributed by atoms with Gasteiger partial charge in [0.05, 0.1) is 18.7 Å². The normalized spacial score (nSPS) is 26.0. The molecule has 3 rings (SSSR count). The summed E-state index contributed by atoms with van der Waals surface area (Å²) in [7, 11) is 0. The maximum absolute atomic E-state index is 12.2. The first kappa shape index (κ1) is 16.1. The second-order valence-electron chi connectivity index (χ2n) is 6.05. The summed E-state index contributed by atoms with van der Waals surface area (Å²) in [6.07, 6.45) is 3.75. The van der Waals surface area contributed by atoms with E-state index >= 15 is 0 Å². The van der Waals surface area contributed by atoms with E-state index in [1.54, 1.807) is 18.5 Å². The molecule has 126 valence electrons. The van der Waals surface area contributed by atoms with Crippen molar-refractivity contribution in [3.8, 4) is 0 Å². The highest BCUT2D eigenvalue weighted by Gasteiger charge is 2.26. The van der Waals surface area contributed by atoms with Gasteiger partial charge in [0.2, 0.25) is 11.9 Å². The summed E-state index contributed by atoms with van der Waals surface area (Å²) in [5, 5.41) is 15.9. The van der Waals surface area contributed by atoms with Crippen molar-refractivity contribution >= 4 is 11.9 Å². The molecule has 8 nitrogen and oxygen atoms in total. The molecule has 2 saturated heterocycles. The fraction of sp³-hybridized carbons (Fsp3) is 0.667. The van der Waals surface area contributed by atoms with E-state index in [-0.39, 0.29) is 11.9 Å². The van der Waals surface area contributed by atoms with Gasteiger partial charge in [0.25, 0.3) is 0 Å². The summed E-state index contributed by atoms with van der Waals surface area (Å²) in [4.78, 5) is 24.9. The first-order valence-corrected chi connectivity index (χ1v) is 8.15. The minimum absolute atomic E-state index is 0.0136. The summed E-state index contributed by atoms with van der Waals surface area (Å²) in [6.45, 7) is 4.99. The van der Waals surface area contributed by atoms with Crippen molar-refractivity contribution in [3.63, 3.8) is 0 Å². The molecule has 2 unspecified atom stereocenters. The molecule has 3 heterocycles. The van der Waals surface area contributed by atoms with E-state index < -0.39 is 6.10 Å². The highest BCUT2D eigenvalue weighted by molar-refractivity contribution is 5.78. The Morgan fingerprint density at radius 2 is 2.04 bits per heavy atom. The summed E-state index contributed by atoms with van der Waals surface area (Å²) in [5.74, 6) is 0.731. The van der Waals surface area contributed by atoms with E-state index in [1.807, 2.05) is 0 Å². The van der Waals surface area contributed by atoms with E-state index in [0.717, 1.165) is 45.1 Å². The van der Waals surface area contributed by atoms with Crippen LogP contribution in [-0.2, 0) is 4.79 Å². The highest BCUT2D eigenvalue weighted by atomic mass is 16.3. The lowest BCUT2D eigenvalue weighted by molar-refractivity contribution is -0.124. The Balaban J connectivity index is 1.42. The number of β-amino-alcohol motifs (C(OH)–C–C–N with tert-alkyl or cyclic N) is 1. The van der Waals surface area contributed by atoms with Crippen molar-refractivity contribution in [1.82, 2.24) is 25.5 Å². The van der Waals surface area contributed by atoms with Crippen molar-refractivity contribution in [3.05, 3.63) is 18.5 Å². The number of aromatic nitrogens is 2. The third-order valence-corrected chi connectivity index (χ3v) is 4.37. The van der Waals surface area contributed by atoms with Crippen LogP contribution in [0.2, 0.25) is 0 Å².